The summed E-state index contributed by atoms with van der Waals surface area (Å²) in [5.41, 5.74) is 1.15. The van der Waals surface area contributed by atoms with Gasteiger partial charge in [-0.05, 0) is 26.2 Å². The zero-order valence-corrected chi connectivity index (χ0v) is 10.8. The van der Waals surface area contributed by atoms with Crippen LogP contribution in [0, 0.1) is 0 Å². The highest BCUT2D eigenvalue weighted by molar-refractivity contribution is 5.41. The SMILES string of the molecule is CCC1CCN(c2cncnc2)CCC(C)N1. The van der Waals surface area contributed by atoms with Gasteiger partial charge in [0.2, 0.25) is 0 Å². The molecule has 0 amide bonds. The number of anilines is 1. The van der Waals surface area contributed by atoms with E-state index in [-0.39, 0.29) is 0 Å². The fraction of sp³-hybridized carbons (Fsp3) is 0.692. The van der Waals surface area contributed by atoms with Crippen LogP contribution in [0.3, 0.4) is 0 Å². The van der Waals surface area contributed by atoms with Gasteiger partial charge in [0.1, 0.15) is 6.33 Å². The lowest BCUT2D eigenvalue weighted by Crippen LogP contribution is -2.44. The Bertz CT molecular complexity index is 327. The molecule has 2 unspecified atom stereocenters. The Morgan fingerprint density at radius 1 is 1.29 bits per heavy atom. The van der Waals surface area contributed by atoms with Crippen molar-refractivity contribution in [3.63, 3.8) is 0 Å². The largest absolute Gasteiger partial charge is 0.369 e. The maximum atomic E-state index is 4.10. The lowest BCUT2D eigenvalue weighted by atomic mass is 10.1. The predicted molar refractivity (Wildman–Crippen MR) is 70.2 cm³/mol. The van der Waals surface area contributed by atoms with Gasteiger partial charge in [0.25, 0.3) is 0 Å². The highest BCUT2D eigenvalue weighted by atomic mass is 15.2. The van der Waals surface area contributed by atoms with Crippen molar-refractivity contribution in [2.75, 3.05) is 18.0 Å². The number of rotatable bonds is 2. The van der Waals surface area contributed by atoms with E-state index in [9.17, 15) is 0 Å². The van der Waals surface area contributed by atoms with Crippen LogP contribution < -0.4 is 10.2 Å². The van der Waals surface area contributed by atoms with Crippen molar-refractivity contribution in [3.05, 3.63) is 18.7 Å². The molecule has 0 radical (unpaired) electrons. The molecule has 4 nitrogen and oxygen atoms in total. The average molecular weight is 234 g/mol. The lowest BCUT2D eigenvalue weighted by Gasteiger charge is -2.32. The summed E-state index contributed by atoms with van der Waals surface area (Å²) in [7, 11) is 0. The minimum atomic E-state index is 0.590. The third-order valence-electron chi connectivity index (χ3n) is 3.50. The molecule has 1 aliphatic rings. The first-order chi connectivity index (χ1) is 8.29. The Morgan fingerprint density at radius 3 is 2.71 bits per heavy atom. The van der Waals surface area contributed by atoms with Crippen LogP contribution in [0.1, 0.15) is 33.1 Å². The van der Waals surface area contributed by atoms with Crippen molar-refractivity contribution < 1.29 is 0 Å². The molecule has 2 rings (SSSR count). The third kappa shape index (κ3) is 3.40. The molecule has 2 heterocycles. The van der Waals surface area contributed by atoms with Gasteiger partial charge >= 0.3 is 0 Å². The van der Waals surface area contributed by atoms with Gasteiger partial charge in [0.05, 0.1) is 18.1 Å². The van der Waals surface area contributed by atoms with Crippen LogP contribution in [0.25, 0.3) is 0 Å². The minimum absolute atomic E-state index is 0.590. The zero-order chi connectivity index (χ0) is 12.1. The Hall–Kier alpha value is -1.16. The number of hydrogen-bond donors (Lipinski definition) is 1. The normalized spacial score (nSPS) is 26.4. The van der Waals surface area contributed by atoms with Crippen molar-refractivity contribution in [1.82, 2.24) is 15.3 Å². The molecule has 1 aromatic rings. The van der Waals surface area contributed by atoms with Gasteiger partial charge in [-0.15, -0.1) is 0 Å². The Labute approximate surface area is 103 Å². The molecule has 1 saturated heterocycles. The molecule has 1 aromatic heterocycles. The van der Waals surface area contributed by atoms with Crippen LogP contribution in [-0.2, 0) is 0 Å². The van der Waals surface area contributed by atoms with E-state index >= 15 is 0 Å². The van der Waals surface area contributed by atoms with Crippen molar-refractivity contribution >= 4 is 5.69 Å². The van der Waals surface area contributed by atoms with Crippen LogP contribution >= 0.6 is 0 Å². The van der Waals surface area contributed by atoms with Crippen molar-refractivity contribution in [2.24, 2.45) is 0 Å². The van der Waals surface area contributed by atoms with Crippen LogP contribution in [0.2, 0.25) is 0 Å². The summed E-state index contributed by atoms with van der Waals surface area (Å²) >= 11 is 0. The smallest absolute Gasteiger partial charge is 0.115 e. The summed E-state index contributed by atoms with van der Waals surface area (Å²) in [6, 6.07) is 1.23. The molecule has 94 valence electrons. The summed E-state index contributed by atoms with van der Waals surface area (Å²) < 4.78 is 0. The first kappa shape index (κ1) is 12.3. The predicted octanol–water partition coefficient (Wildman–Crippen LogP) is 1.83. The molecule has 0 saturated carbocycles. The molecular formula is C13H22N4. The molecule has 17 heavy (non-hydrogen) atoms. The quantitative estimate of drug-likeness (QED) is 0.847. The van der Waals surface area contributed by atoms with Crippen LogP contribution in [0.5, 0.6) is 0 Å². The van der Waals surface area contributed by atoms with Gasteiger partial charge in [-0.2, -0.15) is 0 Å². The lowest BCUT2D eigenvalue weighted by molar-refractivity contribution is 0.378. The highest BCUT2D eigenvalue weighted by Crippen LogP contribution is 2.16. The van der Waals surface area contributed by atoms with Crippen LogP contribution in [0.15, 0.2) is 18.7 Å². The van der Waals surface area contributed by atoms with Gasteiger partial charge in [0.15, 0.2) is 0 Å². The summed E-state index contributed by atoms with van der Waals surface area (Å²) in [6.45, 7) is 6.69. The van der Waals surface area contributed by atoms with E-state index in [0.717, 1.165) is 18.8 Å². The molecule has 0 spiro atoms. The molecule has 1 N–H and O–H groups in total. The van der Waals surface area contributed by atoms with E-state index in [1.165, 1.54) is 19.3 Å². The summed E-state index contributed by atoms with van der Waals surface area (Å²) in [5, 5.41) is 3.68. The number of nitrogens with zero attached hydrogens (tertiary/aromatic N) is 3. The molecule has 4 heteroatoms. The van der Waals surface area contributed by atoms with Crippen molar-refractivity contribution in [3.8, 4) is 0 Å². The first-order valence-electron chi connectivity index (χ1n) is 6.55. The second kappa shape index (κ2) is 5.96. The summed E-state index contributed by atoms with van der Waals surface area (Å²) in [4.78, 5) is 10.6. The molecule has 1 fully saturated rings. The van der Waals surface area contributed by atoms with E-state index < -0.39 is 0 Å². The summed E-state index contributed by atoms with van der Waals surface area (Å²) in [5.74, 6) is 0. The number of hydrogen-bond acceptors (Lipinski definition) is 4. The maximum absolute atomic E-state index is 4.10. The minimum Gasteiger partial charge on any atom is -0.369 e. The van der Waals surface area contributed by atoms with Crippen LogP contribution in [-0.4, -0.2) is 35.1 Å². The highest BCUT2D eigenvalue weighted by Gasteiger charge is 2.17. The fourth-order valence-electron chi connectivity index (χ4n) is 2.38. The Morgan fingerprint density at radius 2 is 2.00 bits per heavy atom. The van der Waals surface area contributed by atoms with E-state index in [1.54, 1.807) is 6.33 Å². The first-order valence-corrected chi connectivity index (χ1v) is 6.55. The second-order valence-electron chi connectivity index (χ2n) is 4.83. The van der Waals surface area contributed by atoms with Gasteiger partial charge in [-0.25, -0.2) is 9.97 Å². The van der Waals surface area contributed by atoms with Gasteiger partial charge < -0.3 is 10.2 Å². The van der Waals surface area contributed by atoms with Crippen LogP contribution in [0.4, 0.5) is 5.69 Å². The molecular weight excluding hydrogens is 212 g/mol. The number of nitrogens with one attached hydrogen (secondary N) is 1. The van der Waals surface area contributed by atoms with Gasteiger partial charge in [0, 0.05) is 25.2 Å². The van der Waals surface area contributed by atoms with E-state index in [2.05, 4.69) is 34.0 Å². The zero-order valence-electron chi connectivity index (χ0n) is 10.8. The van der Waals surface area contributed by atoms with E-state index in [1.807, 2.05) is 12.4 Å². The average Bonchev–Trinajstić information content (AvgIpc) is 2.35. The Kier molecular flexibility index (Phi) is 4.31. The standard InChI is InChI=1S/C13H22N4/c1-3-12-5-7-17(6-4-11(2)16-12)13-8-14-10-15-9-13/h8-12,16H,3-7H2,1-2H3. The van der Waals surface area contributed by atoms with E-state index in [4.69, 9.17) is 0 Å². The Balaban J connectivity index is 2.03. The molecule has 0 aromatic carbocycles. The van der Waals surface area contributed by atoms with Gasteiger partial charge in [-0.3, -0.25) is 0 Å². The third-order valence-corrected chi connectivity index (χ3v) is 3.50. The van der Waals surface area contributed by atoms with Gasteiger partial charge in [-0.1, -0.05) is 6.92 Å². The van der Waals surface area contributed by atoms with Crippen molar-refractivity contribution in [1.29, 1.82) is 0 Å². The molecule has 0 bridgehead atoms. The van der Waals surface area contributed by atoms with E-state index in [0.29, 0.717) is 12.1 Å². The number of aromatic nitrogens is 2. The molecule has 2 atom stereocenters. The maximum Gasteiger partial charge on any atom is 0.115 e. The fourth-order valence-corrected chi connectivity index (χ4v) is 2.38. The topological polar surface area (TPSA) is 41.1 Å². The monoisotopic (exact) mass is 234 g/mol. The van der Waals surface area contributed by atoms with Crippen molar-refractivity contribution in [2.45, 2.75) is 45.2 Å². The molecule has 1 aliphatic heterocycles. The summed E-state index contributed by atoms with van der Waals surface area (Å²) in [6.07, 6.45) is 8.97. The molecule has 0 aliphatic carbocycles. The second-order valence-corrected chi connectivity index (χ2v) is 4.83.